The van der Waals surface area contributed by atoms with Crippen molar-refractivity contribution >= 4 is 0 Å². The third-order valence-electron chi connectivity index (χ3n) is 5.27. The second-order valence-electron chi connectivity index (χ2n) is 7.07. The molecule has 0 saturated carbocycles. The topological polar surface area (TPSA) is 53.4 Å². The van der Waals surface area contributed by atoms with Crippen molar-refractivity contribution in [3.63, 3.8) is 0 Å². The summed E-state index contributed by atoms with van der Waals surface area (Å²) < 4.78 is 13.4. The van der Waals surface area contributed by atoms with E-state index in [1.807, 2.05) is 16.7 Å². The molecule has 0 fully saturated rings. The molecule has 0 radical (unpaired) electrons. The van der Waals surface area contributed by atoms with Gasteiger partial charge in [0.05, 0.1) is 6.54 Å². The molecule has 2 aromatic carbocycles. The summed E-state index contributed by atoms with van der Waals surface area (Å²) in [4.78, 5) is 15.2. The van der Waals surface area contributed by atoms with Crippen molar-refractivity contribution in [1.29, 1.82) is 0 Å². The number of benzene rings is 2. The number of hydrogen-bond acceptors (Lipinski definition) is 4. The van der Waals surface area contributed by atoms with Crippen LogP contribution in [0.15, 0.2) is 59.5 Å². The molecule has 5 heteroatoms. The first-order valence-corrected chi connectivity index (χ1v) is 9.34. The maximum Gasteiger partial charge on any atom is 0.300 e. The van der Waals surface area contributed by atoms with Gasteiger partial charge in [0.25, 0.3) is 11.6 Å². The van der Waals surface area contributed by atoms with Crippen LogP contribution in [0.4, 0.5) is 0 Å². The summed E-state index contributed by atoms with van der Waals surface area (Å²) in [6, 6.07) is 16.7. The standard InChI is InChI=1S/C22H20N2O3/c25-21-11-12-24-13-18(27-22(24)23-21)14-26-17-9-7-16(8-10-17)20-6-2-4-15-3-1-5-19(15)20/h2,4,6-12,18H,1,3,5,13-14H2/t18-/m0/s1. The molecule has 136 valence electrons. The van der Waals surface area contributed by atoms with Gasteiger partial charge >= 0.3 is 0 Å². The van der Waals surface area contributed by atoms with E-state index in [0.29, 0.717) is 19.2 Å². The average molecular weight is 360 g/mol. The van der Waals surface area contributed by atoms with Gasteiger partial charge in [-0.2, -0.15) is 4.98 Å². The quantitative estimate of drug-likeness (QED) is 0.717. The summed E-state index contributed by atoms with van der Waals surface area (Å²) in [5, 5.41) is 0. The highest BCUT2D eigenvalue weighted by Crippen LogP contribution is 2.33. The second-order valence-corrected chi connectivity index (χ2v) is 7.07. The minimum Gasteiger partial charge on any atom is -0.490 e. The molecule has 5 nitrogen and oxygen atoms in total. The van der Waals surface area contributed by atoms with Gasteiger partial charge in [-0.25, -0.2) is 0 Å². The third-order valence-corrected chi connectivity index (χ3v) is 5.27. The Morgan fingerprint density at radius 3 is 2.89 bits per heavy atom. The van der Waals surface area contributed by atoms with E-state index in [-0.39, 0.29) is 11.7 Å². The SMILES string of the molecule is O=c1ccn2c(n1)O[C@H](COc1ccc(-c3cccc4c3CCC4)cc1)C2. The Morgan fingerprint density at radius 1 is 1.11 bits per heavy atom. The molecule has 0 N–H and O–H groups in total. The fourth-order valence-electron chi connectivity index (χ4n) is 3.95. The van der Waals surface area contributed by atoms with Crippen LogP contribution < -0.4 is 15.0 Å². The van der Waals surface area contributed by atoms with Gasteiger partial charge in [-0.1, -0.05) is 30.3 Å². The molecule has 2 heterocycles. The van der Waals surface area contributed by atoms with E-state index in [0.717, 1.165) is 5.75 Å². The van der Waals surface area contributed by atoms with Crippen LogP contribution in [0.25, 0.3) is 11.1 Å². The van der Waals surface area contributed by atoms with Gasteiger partial charge in [0.2, 0.25) is 0 Å². The lowest BCUT2D eigenvalue weighted by atomic mass is 9.97. The molecule has 2 aliphatic rings. The van der Waals surface area contributed by atoms with Crippen LogP contribution in [0.5, 0.6) is 11.8 Å². The Bertz CT molecular complexity index is 1040. The summed E-state index contributed by atoms with van der Waals surface area (Å²) >= 11 is 0. The Labute approximate surface area is 157 Å². The smallest absolute Gasteiger partial charge is 0.300 e. The lowest BCUT2D eigenvalue weighted by molar-refractivity contribution is 0.143. The molecule has 1 aromatic heterocycles. The lowest BCUT2D eigenvalue weighted by Crippen LogP contribution is -2.23. The van der Waals surface area contributed by atoms with Crippen molar-refractivity contribution in [2.45, 2.75) is 31.9 Å². The summed E-state index contributed by atoms with van der Waals surface area (Å²) in [5.74, 6) is 0.813. The monoisotopic (exact) mass is 360 g/mol. The first-order valence-electron chi connectivity index (χ1n) is 9.34. The Balaban J connectivity index is 1.26. The predicted octanol–water partition coefficient (Wildman–Crippen LogP) is 3.24. The van der Waals surface area contributed by atoms with E-state index in [1.54, 1.807) is 6.20 Å². The number of aryl methyl sites for hydroxylation is 1. The third kappa shape index (κ3) is 3.10. The van der Waals surface area contributed by atoms with Crippen molar-refractivity contribution in [2.24, 2.45) is 0 Å². The number of fused-ring (bicyclic) bond motifs is 2. The summed E-state index contributed by atoms with van der Waals surface area (Å²) in [6.45, 7) is 1.05. The van der Waals surface area contributed by atoms with Crippen LogP contribution in [-0.2, 0) is 19.4 Å². The zero-order valence-corrected chi connectivity index (χ0v) is 14.9. The van der Waals surface area contributed by atoms with Crippen LogP contribution in [0.2, 0.25) is 0 Å². The number of nitrogens with zero attached hydrogens (tertiary/aromatic N) is 2. The molecule has 0 unspecified atom stereocenters. The fourth-order valence-corrected chi connectivity index (χ4v) is 3.95. The predicted molar refractivity (Wildman–Crippen MR) is 102 cm³/mol. The maximum atomic E-state index is 11.3. The van der Waals surface area contributed by atoms with Crippen LogP contribution in [0, 0.1) is 0 Å². The number of aromatic nitrogens is 2. The minimum atomic E-state index is -0.286. The van der Waals surface area contributed by atoms with Gasteiger partial charge in [-0.3, -0.25) is 9.36 Å². The van der Waals surface area contributed by atoms with Crippen LogP contribution in [0.1, 0.15) is 17.5 Å². The van der Waals surface area contributed by atoms with Gasteiger partial charge in [-0.15, -0.1) is 0 Å². The van der Waals surface area contributed by atoms with Crippen molar-refractivity contribution in [3.05, 3.63) is 76.2 Å². The van der Waals surface area contributed by atoms with Gasteiger partial charge < -0.3 is 9.47 Å². The van der Waals surface area contributed by atoms with Crippen LogP contribution >= 0.6 is 0 Å². The number of rotatable bonds is 4. The first kappa shape index (κ1) is 16.1. The van der Waals surface area contributed by atoms with E-state index in [4.69, 9.17) is 9.47 Å². The fraction of sp³-hybridized carbons (Fsp3) is 0.273. The van der Waals surface area contributed by atoms with Gasteiger partial charge in [0.15, 0.2) is 6.10 Å². The maximum absolute atomic E-state index is 11.3. The van der Waals surface area contributed by atoms with Crippen molar-refractivity contribution < 1.29 is 9.47 Å². The van der Waals surface area contributed by atoms with E-state index in [2.05, 4.69) is 35.3 Å². The van der Waals surface area contributed by atoms with Crippen molar-refractivity contribution in [1.82, 2.24) is 9.55 Å². The zero-order chi connectivity index (χ0) is 18.2. The van der Waals surface area contributed by atoms with E-state index < -0.39 is 0 Å². The van der Waals surface area contributed by atoms with Gasteiger partial charge in [0, 0.05) is 12.3 Å². The Kier molecular flexibility index (Phi) is 3.93. The summed E-state index contributed by atoms with van der Waals surface area (Å²) in [5.41, 5.74) is 5.25. The molecule has 0 bridgehead atoms. The molecule has 1 aliphatic carbocycles. The summed E-state index contributed by atoms with van der Waals surface area (Å²) in [7, 11) is 0. The highest BCUT2D eigenvalue weighted by Gasteiger charge is 2.23. The second kappa shape index (κ2) is 6.58. The van der Waals surface area contributed by atoms with Crippen molar-refractivity contribution in [2.75, 3.05) is 6.61 Å². The van der Waals surface area contributed by atoms with Crippen LogP contribution in [0.3, 0.4) is 0 Å². The lowest BCUT2D eigenvalue weighted by Gasteiger charge is -2.12. The van der Waals surface area contributed by atoms with E-state index >= 15 is 0 Å². The Morgan fingerprint density at radius 2 is 2.00 bits per heavy atom. The molecular formula is C22H20N2O3. The molecule has 3 aromatic rings. The highest BCUT2D eigenvalue weighted by atomic mass is 16.6. The van der Waals surface area contributed by atoms with E-state index in [9.17, 15) is 4.79 Å². The molecule has 27 heavy (non-hydrogen) atoms. The molecule has 5 rings (SSSR count). The largest absolute Gasteiger partial charge is 0.490 e. The molecule has 1 atom stereocenters. The number of hydrogen-bond donors (Lipinski definition) is 0. The number of ether oxygens (including phenoxy) is 2. The van der Waals surface area contributed by atoms with Gasteiger partial charge in [-0.05, 0) is 53.6 Å². The first-order chi connectivity index (χ1) is 13.3. The molecule has 1 aliphatic heterocycles. The normalized spacial score (nSPS) is 17.3. The average Bonchev–Trinajstić information content (AvgIpc) is 3.32. The Hall–Kier alpha value is -3.08. The highest BCUT2D eigenvalue weighted by molar-refractivity contribution is 5.70. The molecular weight excluding hydrogens is 340 g/mol. The molecule has 0 saturated heterocycles. The van der Waals surface area contributed by atoms with E-state index in [1.165, 1.54) is 47.6 Å². The van der Waals surface area contributed by atoms with Crippen LogP contribution in [-0.4, -0.2) is 22.3 Å². The summed E-state index contributed by atoms with van der Waals surface area (Å²) in [6.07, 6.45) is 5.17. The van der Waals surface area contributed by atoms with Gasteiger partial charge in [0.1, 0.15) is 12.4 Å². The minimum absolute atomic E-state index is 0.142. The van der Waals surface area contributed by atoms with Crippen molar-refractivity contribution in [3.8, 4) is 22.9 Å². The zero-order valence-electron chi connectivity index (χ0n) is 14.9. The molecule has 0 amide bonds. The molecule has 0 spiro atoms.